The van der Waals surface area contributed by atoms with Gasteiger partial charge in [-0.2, -0.15) is 0 Å². The topological polar surface area (TPSA) is 37.4 Å². The van der Waals surface area contributed by atoms with E-state index >= 15 is 0 Å². The first-order valence-corrected chi connectivity index (χ1v) is 8.28. The smallest absolute Gasteiger partial charge is 0.297 e. The molecule has 2 rings (SSSR count). The van der Waals surface area contributed by atoms with Crippen LogP contribution in [-0.4, -0.2) is 25.6 Å². The molecule has 0 bridgehead atoms. The van der Waals surface area contributed by atoms with Crippen molar-refractivity contribution in [1.29, 1.82) is 0 Å². The van der Waals surface area contributed by atoms with E-state index in [0.717, 1.165) is 11.1 Å². The molecule has 0 saturated carbocycles. The first-order chi connectivity index (χ1) is 9.16. The molecule has 3 nitrogen and oxygen atoms in total. The van der Waals surface area contributed by atoms with Crippen molar-refractivity contribution < 1.29 is 8.42 Å². The van der Waals surface area contributed by atoms with Gasteiger partial charge in [0.15, 0.2) is 0 Å². The Kier molecular flexibility index (Phi) is 4.13. The normalized spacial score (nSPS) is 12.7. The fourth-order valence-electron chi connectivity index (χ4n) is 2.01. The average Bonchev–Trinajstić information content (AvgIpc) is 2.35. The third-order valence-corrected chi connectivity index (χ3v) is 6.31. The van der Waals surface area contributed by atoms with Crippen molar-refractivity contribution in [2.75, 3.05) is 19.0 Å². The lowest BCUT2D eigenvalue weighted by Gasteiger charge is -2.18. The summed E-state index contributed by atoms with van der Waals surface area (Å²) < 4.78 is 22.3. The maximum atomic E-state index is 12.3. The molecule has 0 amide bonds. The van der Waals surface area contributed by atoms with Crippen LogP contribution in [0.4, 0.5) is 5.69 Å². The second-order valence-corrected chi connectivity index (χ2v) is 9.48. The van der Waals surface area contributed by atoms with Gasteiger partial charge < -0.3 is 4.90 Å². The summed E-state index contributed by atoms with van der Waals surface area (Å²) in [7, 11) is -0.308. The predicted molar refractivity (Wildman–Crippen MR) is 85.8 cm³/mol. The number of anilines is 1. The number of rotatable bonds is 2. The van der Waals surface area contributed by atoms with Gasteiger partial charge in [-0.05, 0) is 12.1 Å². The molecule has 0 fully saturated rings. The van der Waals surface area contributed by atoms with E-state index in [1.54, 1.807) is 18.2 Å². The van der Waals surface area contributed by atoms with Gasteiger partial charge >= 0.3 is 0 Å². The van der Waals surface area contributed by atoms with Crippen LogP contribution in [0.2, 0.25) is 0 Å². The van der Waals surface area contributed by atoms with E-state index < -0.39 is 13.0 Å². The zero-order valence-corrected chi connectivity index (χ0v) is 13.9. The van der Waals surface area contributed by atoms with Crippen molar-refractivity contribution in [3.8, 4) is 0 Å². The maximum Gasteiger partial charge on any atom is 0.297 e. The van der Waals surface area contributed by atoms with Crippen molar-refractivity contribution in [2.24, 2.45) is 0 Å². The predicted octanol–water partition coefficient (Wildman–Crippen LogP) is 4.01. The van der Waals surface area contributed by atoms with Gasteiger partial charge in [0, 0.05) is 30.6 Å². The summed E-state index contributed by atoms with van der Waals surface area (Å²) >= 11 is 16.8. The number of benzene rings is 2. The van der Waals surface area contributed by atoms with Gasteiger partial charge in [-0.1, -0.05) is 59.1 Å². The molecule has 0 atom stereocenters. The van der Waals surface area contributed by atoms with Gasteiger partial charge in [0.1, 0.15) is 0 Å². The Morgan fingerprint density at radius 3 is 2.05 bits per heavy atom. The molecule has 7 heteroatoms. The fourth-order valence-corrected chi connectivity index (χ4v) is 3.74. The number of nitrogens with zero attached hydrogens (tertiary/aromatic N) is 1. The number of alkyl halides is 3. The molecule has 108 valence electrons. The van der Waals surface area contributed by atoms with Crippen LogP contribution in [0.5, 0.6) is 0 Å². The van der Waals surface area contributed by atoms with E-state index in [2.05, 4.69) is 0 Å². The highest BCUT2D eigenvalue weighted by Crippen LogP contribution is 2.41. The molecular weight excluding hydrogens is 341 g/mol. The quantitative estimate of drug-likeness (QED) is 0.766. The summed E-state index contributed by atoms with van der Waals surface area (Å²) in [6, 6.07) is 10.3. The zero-order valence-electron chi connectivity index (χ0n) is 10.8. The van der Waals surface area contributed by atoms with Gasteiger partial charge in [-0.15, -0.1) is 0 Å². The van der Waals surface area contributed by atoms with E-state index in [-0.39, 0.29) is 4.90 Å². The molecule has 0 unspecified atom stereocenters. The van der Waals surface area contributed by atoms with E-state index in [4.69, 9.17) is 34.8 Å². The highest BCUT2D eigenvalue weighted by Gasteiger charge is 2.40. The summed E-state index contributed by atoms with van der Waals surface area (Å²) in [5, 5.41) is 1.32. The molecule has 0 spiro atoms. The molecule has 0 aliphatic rings. The van der Waals surface area contributed by atoms with Crippen LogP contribution in [-0.2, 0) is 9.84 Å². The summed E-state index contributed by atoms with van der Waals surface area (Å²) in [5.41, 5.74) is 0.892. The van der Waals surface area contributed by atoms with Crippen LogP contribution in [0.25, 0.3) is 10.8 Å². The number of halogens is 3. The Morgan fingerprint density at radius 2 is 1.50 bits per heavy atom. The van der Waals surface area contributed by atoms with Gasteiger partial charge in [-0.3, -0.25) is 0 Å². The minimum atomic E-state index is -4.07. The largest absolute Gasteiger partial charge is 0.377 e. The van der Waals surface area contributed by atoms with Gasteiger partial charge in [0.05, 0.1) is 4.90 Å². The monoisotopic (exact) mass is 351 g/mol. The number of fused-ring (bicyclic) bond motifs is 1. The Morgan fingerprint density at radius 1 is 0.950 bits per heavy atom. The first-order valence-electron chi connectivity index (χ1n) is 5.66. The fraction of sp³-hybridized carbons (Fsp3) is 0.231. The standard InChI is InChI=1S/C13H12Cl3NO2S/c1-17(2)11-7-3-6-10-9(11)5-4-8-12(10)20(18,19)13(14,15)16/h3-8H,1-2H3. The minimum absolute atomic E-state index is 0.0127. The molecule has 0 aliphatic heterocycles. The SMILES string of the molecule is CN(C)c1cccc2c(S(=O)(=O)C(Cl)(Cl)Cl)cccc12. The van der Waals surface area contributed by atoms with Gasteiger partial charge in [0.25, 0.3) is 3.12 Å². The molecule has 0 N–H and O–H groups in total. The lowest BCUT2D eigenvalue weighted by molar-refractivity contribution is 0.597. The third-order valence-electron chi connectivity index (χ3n) is 2.94. The molecule has 0 aliphatic carbocycles. The maximum absolute atomic E-state index is 12.3. The molecule has 0 radical (unpaired) electrons. The van der Waals surface area contributed by atoms with Crippen LogP contribution in [0, 0.1) is 0 Å². The molecule has 2 aromatic rings. The Balaban J connectivity index is 2.85. The molecular formula is C13H12Cl3NO2S. The van der Waals surface area contributed by atoms with Crippen molar-refractivity contribution >= 4 is 61.1 Å². The lowest BCUT2D eigenvalue weighted by atomic mass is 10.1. The zero-order chi connectivity index (χ0) is 15.1. The highest BCUT2D eigenvalue weighted by atomic mass is 35.6. The van der Waals surface area contributed by atoms with Crippen LogP contribution in [0.15, 0.2) is 41.3 Å². The van der Waals surface area contributed by atoms with Crippen molar-refractivity contribution in [3.63, 3.8) is 0 Å². The Labute approximate surface area is 133 Å². The number of hydrogen-bond donors (Lipinski definition) is 0. The molecule has 2 aromatic carbocycles. The average molecular weight is 353 g/mol. The molecule has 0 aromatic heterocycles. The summed E-state index contributed by atoms with van der Waals surface area (Å²) in [6.07, 6.45) is 0. The molecule has 0 saturated heterocycles. The van der Waals surface area contributed by atoms with Gasteiger partial charge in [0.2, 0.25) is 9.84 Å². The minimum Gasteiger partial charge on any atom is -0.377 e. The van der Waals surface area contributed by atoms with Crippen molar-refractivity contribution in [1.82, 2.24) is 0 Å². The van der Waals surface area contributed by atoms with E-state index in [0.29, 0.717) is 5.39 Å². The van der Waals surface area contributed by atoms with Crippen LogP contribution < -0.4 is 4.90 Å². The van der Waals surface area contributed by atoms with E-state index in [1.807, 2.05) is 31.1 Å². The van der Waals surface area contributed by atoms with Crippen LogP contribution in [0.3, 0.4) is 0 Å². The van der Waals surface area contributed by atoms with Gasteiger partial charge in [-0.25, -0.2) is 8.42 Å². The Hall–Kier alpha value is -0.680. The number of sulfone groups is 1. The van der Waals surface area contributed by atoms with Crippen LogP contribution >= 0.6 is 34.8 Å². The Bertz CT molecular complexity index is 752. The first kappa shape index (κ1) is 15.7. The van der Waals surface area contributed by atoms with E-state index in [9.17, 15) is 8.42 Å². The lowest BCUT2D eigenvalue weighted by Crippen LogP contribution is -2.20. The summed E-state index contributed by atoms with van der Waals surface area (Å²) in [5.74, 6) is 0. The second kappa shape index (κ2) is 5.26. The van der Waals surface area contributed by atoms with Crippen LogP contribution in [0.1, 0.15) is 0 Å². The molecule has 0 heterocycles. The summed E-state index contributed by atoms with van der Waals surface area (Å²) in [4.78, 5) is 1.91. The number of hydrogen-bond acceptors (Lipinski definition) is 3. The second-order valence-electron chi connectivity index (χ2n) is 4.47. The third kappa shape index (κ3) is 2.58. The summed E-state index contributed by atoms with van der Waals surface area (Å²) in [6.45, 7) is 0. The van der Waals surface area contributed by atoms with E-state index in [1.165, 1.54) is 6.07 Å². The molecule has 20 heavy (non-hydrogen) atoms. The van der Waals surface area contributed by atoms with Crippen molar-refractivity contribution in [3.05, 3.63) is 36.4 Å². The van der Waals surface area contributed by atoms with Crippen molar-refractivity contribution in [2.45, 2.75) is 8.02 Å². The highest BCUT2D eigenvalue weighted by molar-refractivity contribution is 7.97.